The highest BCUT2D eigenvalue weighted by Crippen LogP contribution is 2.33. The highest BCUT2D eigenvalue weighted by Gasteiger charge is 2.18. The van der Waals surface area contributed by atoms with Crippen molar-refractivity contribution in [2.75, 3.05) is 12.3 Å². The Balaban J connectivity index is 2.45. The summed E-state index contributed by atoms with van der Waals surface area (Å²) >= 11 is 1.30. The number of nitrogens with two attached hydrogens (primary N) is 1. The summed E-state index contributed by atoms with van der Waals surface area (Å²) in [5, 5.41) is 0.836. The van der Waals surface area contributed by atoms with Crippen LogP contribution in [0.25, 0.3) is 10.2 Å². The van der Waals surface area contributed by atoms with Gasteiger partial charge in [-0.05, 0) is 25.5 Å². The number of fused-ring (bicyclic) bond motifs is 1. The molecule has 96 valence electrons. The number of hydrogen-bond acceptors (Lipinski definition) is 5. The lowest BCUT2D eigenvalue weighted by atomic mass is 10.2. The summed E-state index contributed by atoms with van der Waals surface area (Å²) in [6.07, 6.45) is 1.98. The first-order valence-corrected chi connectivity index (χ1v) is 6.84. The average molecular weight is 264 g/mol. The number of nitrogens with zero attached hydrogens (tertiary/aromatic N) is 1. The van der Waals surface area contributed by atoms with E-state index in [1.807, 2.05) is 12.1 Å². The van der Waals surface area contributed by atoms with Gasteiger partial charge in [-0.25, -0.2) is 9.78 Å². The van der Waals surface area contributed by atoms with Gasteiger partial charge in [0.15, 0.2) is 0 Å². The van der Waals surface area contributed by atoms with Crippen molar-refractivity contribution in [1.29, 1.82) is 0 Å². The van der Waals surface area contributed by atoms with Gasteiger partial charge in [-0.2, -0.15) is 0 Å². The van der Waals surface area contributed by atoms with Crippen molar-refractivity contribution in [3.8, 4) is 0 Å². The number of hydrogen-bond donors (Lipinski definition) is 1. The highest BCUT2D eigenvalue weighted by molar-refractivity contribution is 7.21. The minimum Gasteiger partial charge on any atom is -0.462 e. The molecule has 18 heavy (non-hydrogen) atoms. The molecule has 2 rings (SSSR count). The average Bonchev–Trinajstić information content (AvgIpc) is 2.67. The van der Waals surface area contributed by atoms with Crippen LogP contribution in [0.5, 0.6) is 0 Å². The third-order valence-corrected chi connectivity index (χ3v) is 3.71. The summed E-state index contributed by atoms with van der Waals surface area (Å²) in [4.78, 5) is 17.5. The standard InChI is InChI=1S/C13H16N2O2S/c1-3-5-8-6-7-9-10(14)11(13(16)17-4-2)18-12(9)15-8/h6-7H,3-5,14H2,1-2H3. The fourth-order valence-corrected chi connectivity index (χ4v) is 2.79. The zero-order valence-corrected chi connectivity index (χ0v) is 11.3. The van der Waals surface area contributed by atoms with Gasteiger partial charge >= 0.3 is 5.97 Å². The molecule has 0 aromatic carbocycles. The van der Waals surface area contributed by atoms with Crippen LogP contribution >= 0.6 is 11.3 Å². The number of aromatic nitrogens is 1. The topological polar surface area (TPSA) is 65.2 Å². The zero-order chi connectivity index (χ0) is 13.1. The van der Waals surface area contributed by atoms with E-state index in [2.05, 4.69) is 11.9 Å². The van der Waals surface area contributed by atoms with Gasteiger partial charge in [-0.3, -0.25) is 0 Å². The summed E-state index contributed by atoms with van der Waals surface area (Å²) in [6, 6.07) is 3.89. The second-order valence-electron chi connectivity index (χ2n) is 3.97. The molecule has 0 atom stereocenters. The molecule has 2 aromatic heterocycles. The van der Waals surface area contributed by atoms with Gasteiger partial charge < -0.3 is 10.5 Å². The van der Waals surface area contributed by atoms with Crippen LogP contribution in [-0.2, 0) is 11.2 Å². The van der Waals surface area contributed by atoms with E-state index in [1.54, 1.807) is 6.92 Å². The second kappa shape index (κ2) is 5.35. The van der Waals surface area contributed by atoms with Gasteiger partial charge in [-0.15, -0.1) is 11.3 Å². The van der Waals surface area contributed by atoms with Gasteiger partial charge in [-0.1, -0.05) is 13.3 Å². The maximum atomic E-state index is 11.7. The van der Waals surface area contributed by atoms with Gasteiger partial charge in [0, 0.05) is 11.1 Å². The van der Waals surface area contributed by atoms with Crippen molar-refractivity contribution in [1.82, 2.24) is 4.98 Å². The van der Waals surface area contributed by atoms with Crippen LogP contribution < -0.4 is 5.73 Å². The van der Waals surface area contributed by atoms with Crippen LogP contribution in [0.3, 0.4) is 0 Å². The molecule has 0 aliphatic heterocycles. The number of carbonyl (C=O) groups is 1. The van der Waals surface area contributed by atoms with Gasteiger partial charge in [0.25, 0.3) is 0 Å². The number of anilines is 1. The van der Waals surface area contributed by atoms with Crippen molar-refractivity contribution in [3.63, 3.8) is 0 Å². The van der Waals surface area contributed by atoms with Crippen LogP contribution in [0.1, 0.15) is 35.6 Å². The molecule has 0 saturated carbocycles. The molecule has 0 fully saturated rings. The van der Waals surface area contributed by atoms with Crippen molar-refractivity contribution < 1.29 is 9.53 Å². The van der Waals surface area contributed by atoms with E-state index in [9.17, 15) is 4.79 Å². The maximum Gasteiger partial charge on any atom is 0.350 e. The Kier molecular flexibility index (Phi) is 3.81. The van der Waals surface area contributed by atoms with Crippen LogP contribution in [0, 0.1) is 0 Å². The van der Waals surface area contributed by atoms with Crippen molar-refractivity contribution in [2.45, 2.75) is 26.7 Å². The minimum atomic E-state index is -0.366. The number of nitrogen functional groups attached to an aromatic ring is 1. The number of rotatable bonds is 4. The predicted molar refractivity (Wildman–Crippen MR) is 74.0 cm³/mol. The van der Waals surface area contributed by atoms with Crippen LogP contribution in [0.4, 0.5) is 5.69 Å². The molecule has 0 aliphatic carbocycles. The molecule has 2 N–H and O–H groups in total. The molecule has 0 radical (unpaired) electrons. The number of esters is 1. The first-order chi connectivity index (χ1) is 8.67. The Morgan fingerprint density at radius 1 is 1.44 bits per heavy atom. The third-order valence-electron chi connectivity index (χ3n) is 2.62. The van der Waals surface area contributed by atoms with E-state index < -0.39 is 0 Å². The lowest BCUT2D eigenvalue weighted by Crippen LogP contribution is -2.04. The van der Waals surface area contributed by atoms with Crippen molar-refractivity contribution in [2.24, 2.45) is 0 Å². The quantitative estimate of drug-likeness (QED) is 0.862. The summed E-state index contributed by atoms with van der Waals surface area (Å²) in [6.45, 7) is 4.23. The normalized spacial score (nSPS) is 10.8. The van der Waals surface area contributed by atoms with Crippen LogP contribution in [0.15, 0.2) is 12.1 Å². The number of thiophene rings is 1. The largest absolute Gasteiger partial charge is 0.462 e. The maximum absolute atomic E-state index is 11.7. The molecule has 0 saturated heterocycles. The summed E-state index contributed by atoms with van der Waals surface area (Å²) < 4.78 is 4.98. The second-order valence-corrected chi connectivity index (χ2v) is 4.97. The summed E-state index contributed by atoms with van der Waals surface area (Å²) in [5.41, 5.74) is 7.47. The molecule has 0 bridgehead atoms. The molecule has 0 amide bonds. The number of aryl methyl sites for hydroxylation is 1. The Morgan fingerprint density at radius 2 is 2.22 bits per heavy atom. The van der Waals surface area contributed by atoms with Crippen LogP contribution in [0.2, 0.25) is 0 Å². The molecule has 5 heteroatoms. The fourth-order valence-electron chi connectivity index (χ4n) is 1.78. The van der Waals surface area contributed by atoms with Crippen molar-refractivity contribution in [3.05, 3.63) is 22.7 Å². The smallest absolute Gasteiger partial charge is 0.350 e. The predicted octanol–water partition coefficient (Wildman–Crippen LogP) is 3.01. The Labute approximate surface area is 110 Å². The first kappa shape index (κ1) is 12.8. The van der Waals surface area contributed by atoms with Gasteiger partial charge in [0.1, 0.15) is 9.71 Å². The summed E-state index contributed by atoms with van der Waals surface area (Å²) in [7, 11) is 0. The molecule has 0 aliphatic rings. The lowest BCUT2D eigenvalue weighted by Gasteiger charge is -1.99. The zero-order valence-electron chi connectivity index (χ0n) is 10.5. The van der Waals surface area contributed by atoms with E-state index in [-0.39, 0.29) is 5.97 Å². The van der Waals surface area contributed by atoms with E-state index in [1.165, 1.54) is 11.3 Å². The van der Waals surface area contributed by atoms with E-state index in [0.717, 1.165) is 28.8 Å². The molecule has 0 unspecified atom stereocenters. The fraction of sp³-hybridized carbons (Fsp3) is 0.385. The molecular weight excluding hydrogens is 248 g/mol. The molecule has 2 heterocycles. The first-order valence-electron chi connectivity index (χ1n) is 6.02. The monoisotopic (exact) mass is 264 g/mol. The molecule has 2 aromatic rings. The van der Waals surface area contributed by atoms with E-state index >= 15 is 0 Å². The molecule has 4 nitrogen and oxygen atoms in total. The van der Waals surface area contributed by atoms with Gasteiger partial charge in [0.2, 0.25) is 0 Å². The minimum absolute atomic E-state index is 0.348. The Hall–Kier alpha value is -1.62. The van der Waals surface area contributed by atoms with E-state index in [4.69, 9.17) is 10.5 Å². The molecular formula is C13H16N2O2S. The van der Waals surface area contributed by atoms with E-state index in [0.29, 0.717) is 17.2 Å². The van der Waals surface area contributed by atoms with Gasteiger partial charge in [0.05, 0.1) is 12.3 Å². The Morgan fingerprint density at radius 3 is 2.89 bits per heavy atom. The SMILES string of the molecule is CCCc1ccc2c(N)c(C(=O)OCC)sc2n1. The highest BCUT2D eigenvalue weighted by atomic mass is 32.1. The summed E-state index contributed by atoms with van der Waals surface area (Å²) in [5.74, 6) is -0.366. The number of carbonyl (C=O) groups excluding carboxylic acids is 1. The third kappa shape index (κ3) is 2.31. The van der Waals surface area contributed by atoms with Crippen LogP contribution in [-0.4, -0.2) is 17.6 Å². The Bertz CT molecular complexity index is 578. The van der Waals surface area contributed by atoms with Crippen molar-refractivity contribution >= 4 is 33.2 Å². The number of pyridine rings is 1. The number of ether oxygens (including phenoxy) is 1. The molecule has 0 spiro atoms. The lowest BCUT2D eigenvalue weighted by molar-refractivity contribution is 0.0533.